The van der Waals surface area contributed by atoms with Crippen LogP contribution >= 0.6 is 11.3 Å². The molecule has 0 aliphatic carbocycles. The second-order valence-electron chi connectivity index (χ2n) is 4.85. The molecule has 0 atom stereocenters. The summed E-state index contributed by atoms with van der Waals surface area (Å²) in [6, 6.07) is 0.158. The number of nitrogens with zero attached hydrogens (tertiary/aromatic N) is 3. The third kappa shape index (κ3) is 3.23. The minimum atomic E-state index is -4.33. The van der Waals surface area contributed by atoms with E-state index >= 15 is 0 Å². The van der Waals surface area contributed by atoms with E-state index in [-0.39, 0.29) is 11.9 Å². The Morgan fingerprint density at radius 1 is 1.45 bits per heavy atom. The highest BCUT2D eigenvalue weighted by molar-refractivity contribution is 7.15. The number of amides is 1. The van der Waals surface area contributed by atoms with Crippen LogP contribution < -0.4 is 4.90 Å². The zero-order valence-corrected chi connectivity index (χ0v) is 12.1. The molecule has 8 heteroatoms. The van der Waals surface area contributed by atoms with Crippen LogP contribution in [0.2, 0.25) is 0 Å². The minimum Gasteiger partial charge on any atom is -0.348 e. The van der Waals surface area contributed by atoms with Gasteiger partial charge in [0.2, 0.25) is 5.91 Å². The van der Waals surface area contributed by atoms with Crippen molar-refractivity contribution in [3.63, 3.8) is 0 Å². The van der Waals surface area contributed by atoms with E-state index in [1.807, 2.05) is 4.90 Å². The van der Waals surface area contributed by atoms with Crippen LogP contribution in [0.3, 0.4) is 0 Å². The summed E-state index contributed by atoms with van der Waals surface area (Å²) < 4.78 is 37.6. The fraction of sp³-hybridized carbons (Fsp3) is 0.667. The van der Waals surface area contributed by atoms with E-state index in [9.17, 15) is 18.0 Å². The van der Waals surface area contributed by atoms with E-state index in [2.05, 4.69) is 4.98 Å². The summed E-state index contributed by atoms with van der Waals surface area (Å²) >= 11 is 0.672. The van der Waals surface area contributed by atoms with Crippen molar-refractivity contribution in [1.82, 2.24) is 9.88 Å². The first-order valence-corrected chi connectivity index (χ1v) is 7.12. The fourth-order valence-corrected chi connectivity index (χ4v) is 3.08. The summed E-state index contributed by atoms with van der Waals surface area (Å²) in [5, 5.41) is 0.404. The van der Waals surface area contributed by atoms with Crippen molar-refractivity contribution in [2.75, 3.05) is 25.0 Å². The number of hydrogen-bond acceptors (Lipinski definition) is 4. The first-order chi connectivity index (χ1) is 9.29. The van der Waals surface area contributed by atoms with Crippen molar-refractivity contribution < 1.29 is 18.0 Å². The van der Waals surface area contributed by atoms with E-state index in [0.717, 1.165) is 19.0 Å². The highest BCUT2D eigenvalue weighted by Gasteiger charge is 2.34. The zero-order valence-electron chi connectivity index (χ0n) is 11.3. The van der Waals surface area contributed by atoms with Gasteiger partial charge in [-0.1, -0.05) is 11.3 Å². The number of hydrogen-bond donors (Lipinski definition) is 0. The summed E-state index contributed by atoms with van der Waals surface area (Å²) in [5.74, 6) is 0.0112. The van der Waals surface area contributed by atoms with Gasteiger partial charge in [-0.2, -0.15) is 13.2 Å². The van der Waals surface area contributed by atoms with Crippen LogP contribution in [-0.2, 0) is 11.0 Å². The van der Waals surface area contributed by atoms with Crippen molar-refractivity contribution in [1.29, 1.82) is 0 Å². The number of carbonyl (C=O) groups excluding carboxylic acids is 1. The average Bonchev–Trinajstić information content (AvgIpc) is 2.87. The lowest BCUT2D eigenvalue weighted by atomic mass is 10.0. The molecule has 4 nitrogen and oxygen atoms in total. The van der Waals surface area contributed by atoms with Crippen LogP contribution in [0.25, 0.3) is 0 Å². The minimum absolute atomic E-state index is 0.0112. The van der Waals surface area contributed by atoms with Crippen molar-refractivity contribution in [2.45, 2.75) is 32.0 Å². The SMILES string of the molecule is CC(=O)N(C)C1CCN(c2ncc(C(F)(F)F)s2)CC1. The van der Waals surface area contributed by atoms with E-state index in [1.54, 1.807) is 11.9 Å². The van der Waals surface area contributed by atoms with Gasteiger partial charge in [-0.3, -0.25) is 4.79 Å². The van der Waals surface area contributed by atoms with Gasteiger partial charge in [0, 0.05) is 33.1 Å². The Hall–Kier alpha value is -1.31. The molecule has 1 amide bonds. The maximum absolute atomic E-state index is 12.5. The smallest absolute Gasteiger partial charge is 0.348 e. The first kappa shape index (κ1) is 15.1. The number of aromatic nitrogens is 1. The molecule has 1 aromatic heterocycles. The van der Waals surface area contributed by atoms with Crippen molar-refractivity contribution in [2.24, 2.45) is 0 Å². The molecule has 2 heterocycles. The van der Waals surface area contributed by atoms with Crippen molar-refractivity contribution in [3.8, 4) is 0 Å². The summed E-state index contributed by atoms with van der Waals surface area (Å²) in [6.45, 7) is 2.75. The van der Waals surface area contributed by atoms with E-state index < -0.39 is 11.1 Å². The molecule has 0 bridgehead atoms. The first-order valence-electron chi connectivity index (χ1n) is 6.30. The van der Waals surface area contributed by atoms with Crippen LogP contribution in [0.4, 0.5) is 18.3 Å². The van der Waals surface area contributed by atoms with Crippen LogP contribution in [0, 0.1) is 0 Å². The van der Waals surface area contributed by atoms with Gasteiger partial charge in [0.1, 0.15) is 4.88 Å². The second kappa shape index (κ2) is 5.59. The molecule has 0 saturated carbocycles. The van der Waals surface area contributed by atoms with Crippen molar-refractivity contribution in [3.05, 3.63) is 11.1 Å². The predicted molar refractivity (Wildman–Crippen MR) is 70.8 cm³/mol. The van der Waals surface area contributed by atoms with E-state index in [4.69, 9.17) is 0 Å². The number of halogens is 3. The number of anilines is 1. The summed E-state index contributed by atoms with van der Waals surface area (Å²) in [7, 11) is 1.76. The number of piperidine rings is 1. The lowest BCUT2D eigenvalue weighted by Crippen LogP contribution is -2.45. The normalized spacial score (nSPS) is 17.4. The van der Waals surface area contributed by atoms with Gasteiger partial charge in [-0.15, -0.1) is 0 Å². The number of thiazole rings is 1. The molecular formula is C12H16F3N3OS. The third-order valence-electron chi connectivity index (χ3n) is 3.55. The molecule has 20 heavy (non-hydrogen) atoms. The van der Waals surface area contributed by atoms with Crippen LogP contribution in [0.15, 0.2) is 6.20 Å². The van der Waals surface area contributed by atoms with Gasteiger partial charge in [0.05, 0.1) is 6.20 Å². The molecule has 1 aliphatic heterocycles. The number of rotatable bonds is 2. The molecule has 0 spiro atoms. The Balaban J connectivity index is 1.97. The predicted octanol–water partition coefficient (Wildman–Crippen LogP) is 2.61. The second-order valence-corrected chi connectivity index (χ2v) is 5.86. The fourth-order valence-electron chi connectivity index (χ4n) is 2.24. The molecule has 1 fully saturated rings. The number of carbonyl (C=O) groups is 1. The van der Waals surface area contributed by atoms with Crippen LogP contribution in [0.1, 0.15) is 24.6 Å². The van der Waals surface area contributed by atoms with Crippen LogP contribution in [0.5, 0.6) is 0 Å². The number of alkyl halides is 3. The summed E-state index contributed by atoms with van der Waals surface area (Å²) in [5.41, 5.74) is 0. The summed E-state index contributed by atoms with van der Waals surface area (Å²) in [4.78, 5) is 18.0. The van der Waals surface area contributed by atoms with Gasteiger partial charge in [-0.25, -0.2) is 4.98 Å². The largest absolute Gasteiger partial charge is 0.427 e. The Morgan fingerprint density at radius 3 is 2.50 bits per heavy atom. The van der Waals surface area contributed by atoms with E-state index in [0.29, 0.717) is 29.6 Å². The molecule has 0 radical (unpaired) electrons. The molecule has 1 aromatic rings. The van der Waals surface area contributed by atoms with Gasteiger partial charge in [0.15, 0.2) is 5.13 Å². The standard InChI is InChI=1S/C12H16F3N3OS/c1-8(19)17(2)9-3-5-18(6-4-9)11-16-7-10(20-11)12(13,14)15/h7,9H,3-6H2,1-2H3. The third-order valence-corrected chi connectivity index (χ3v) is 4.66. The van der Waals surface area contributed by atoms with Gasteiger partial charge in [-0.05, 0) is 12.8 Å². The Bertz CT molecular complexity index is 481. The average molecular weight is 307 g/mol. The Labute approximate surface area is 119 Å². The highest BCUT2D eigenvalue weighted by Crippen LogP contribution is 2.37. The molecule has 1 aliphatic rings. The van der Waals surface area contributed by atoms with Gasteiger partial charge < -0.3 is 9.80 Å². The lowest BCUT2D eigenvalue weighted by Gasteiger charge is -2.36. The Morgan fingerprint density at radius 2 is 2.05 bits per heavy atom. The molecular weight excluding hydrogens is 291 g/mol. The highest BCUT2D eigenvalue weighted by atomic mass is 32.1. The van der Waals surface area contributed by atoms with Gasteiger partial charge in [0.25, 0.3) is 0 Å². The monoisotopic (exact) mass is 307 g/mol. The van der Waals surface area contributed by atoms with Gasteiger partial charge >= 0.3 is 6.18 Å². The molecule has 0 aromatic carbocycles. The Kier molecular flexibility index (Phi) is 4.22. The lowest BCUT2D eigenvalue weighted by molar-refractivity contribution is -0.134. The van der Waals surface area contributed by atoms with Crippen LogP contribution in [-0.4, -0.2) is 42.0 Å². The molecule has 0 unspecified atom stereocenters. The molecule has 2 rings (SSSR count). The molecule has 1 saturated heterocycles. The molecule has 112 valence electrons. The topological polar surface area (TPSA) is 36.4 Å². The van der Waals surface area contributed by atoms with E-state index in [1.165, 1.54) is 6.92 Å². The van der Waals surface area contributed by atoms with Crippen molar-refractivity contribution >= 4 is 22.4 Å². The maximum Gasteiger partial charge on any atom is 0.427 e. The maximum atomic E-state index is 12.5. The summed E-state index contributed by atoms with van der Waals surface area (Å²) in [6.07, 6.45) is -1.95. The quantitative estimate of drug-likeness (QED) is 0.843. The zero-order chi connectivity index (χ0) is 14.9. The molecule has 0 N–H and O–H groups in total.